The number of methoxy groups -OCH3 is 2. The van der Waals surface area contributed by atoms with Crippen LogP contribution in [0.1, 0.15) is 17.2 Å². The molecular weight excluding hydrogens is 282 g/mol. The van der Waals surface area contributed by atoms with E-state index in [9.17, 15) is 0 Å². The number of rotatable bonds is 2. The van der Waals surface area contributed by atoms with Crippen molar-refractivity contribution in [2.45, 2.75) is 12.5 Å². The highest BCUT2D eigenvalue weighted by molar-refractivity contribution is 9.10. The van der Waals surface area contributed by atoms with Crippen LogP contribution in [0.5, 0.6) is 5.75 Å². The zero-order valence-electron chi connectivity index (χ0n) is 10.5. The second kappa shape index (κ2) is 5.38. The molecule has 0 spiro atoms. The highest BCUT2D eigenvalue weighted by Crippen LogP contribution is 2.34. The molecule has 4 heteroatoms. The maximum absolute atomic E-state index is 5.59. The predicted molar refractivity (Wildman–Crippen MR) is 71.6 cm³/mol. The van der Waals surface area contributed by atoms with E-state index in [1.807, 2.05) is 0 Å². The Balaban J connectivity index is 2.44. The van der Waals surface area contributed by atoms with E-state index < -0.39 is 0 Å². The molecule has 1 aliphatic heterocycles. The fourth-order valence-corrected chi connectivity index (χ4v) is 2.79. The molecule has 0 saturated heterocycles. The van der Waals surface area contributed by atoms with Gasteiger partial charge in [-0.25, -0.2) is 0 Å². The zero-order chi connectivity index (χ0) is 12.4. The number of ether oxygens (including phenoxy) is 2. The van der Waals surface area contributed by atoms with Gasteiger partial charge in [-0.2, -0.15) is 0 Å². The Morgan fingerprint density at radius 2 is 2.12 bits per heavy atom. The Morgan fingerprint density at radius 3 is 2.76 bits per heavy atom. The molecule has 0 N–H and O–H groups in total. The van der Waals surface area contributed by atoms with Crippen LogP contribution in [0, 0.1) is 0 Å². The van der Waals surface area contributed by atoms with Crippen LogP contribution in [0.15, 0.2) is 16.6 Å². The summed E-state index contributed by atoms with van der Waals surface area (Å²) < 4.78 is 11.9. The van der Waals surface area contributed by atoms with Gasteiger partial charge in [-0.15, -0.1) is 0 Å². The summed E-state index contributed by atoms with van der Waals surface area (Å²) in [5.41, 5.74) is 2.59. The van der Waals surface area contributed by atoms with E-state index in [4.69, 9.17) is 9.47 Å². The number of halogens is 1. The summed E-state index contributed by atoms with van der Waals surface area (Å²) in [5, 5.41) is 0. The molecule has 1 heterocycles. The number of likely N-dealkylation sites (N-methyl/N-ethyl adjacent to an activating group) is 1. The average Bonchev–Trinajstić information content (AvgIpc) is 2.48. The lowest BCUT2D eigenvalue weighted by Gasteiger charge is -2.20. The third kappa shape index (κ3) is 2.64. The lowest BCUT2D eigenvalue weighted by molar-refractivity contribution is 0.0761. The van der Waals surface area contributed by atoms with E-state index in [1.165, 1.54) is 11.1 Å². The molecular formula is C13H18BrNO2. The highest BCUT2D eigenvalue weighted by atomic mass is 79.9. The van der Waals surface area contributed by atoms with E-state index in [0.29, 0.717) is 0 Å². The van der Waals surface area contributed by atoms with Crippen molar-refractivity contribution in [3.8, 4) is 5.75 Å². The SMILES string of the molecule is COc1cc2c(cc1Br)C(OC)CN(C)CC2. The molecule has 1 unspecified atom stereocenters. The summed E-state index contributed by atoms with van der Waals surface area (Å²) in [6.45, 7) is 1.99. The fraction of sp³-hybridized carbons (Fsp3) is 0.538. The van der Waals surface area contributed by atoms with Gasteiger partial charge < -0.3 is 14.4 Å². The molecule has 0 amide bonds. The Hall–Kier alpha value is -0.580. The van der Waals surface area contributed by atoms with Crippen molar-refractivity contribution >= 4 is 15.9 Å². The third-order valence-corrected chi connectivity index (χ3v) is 3.91. The quantitative estimate of drug-likeness (QED) is 0.838. The first-order chi connectivity index (χ1) is 8.15. The standard InChI is InChI=1S/C13H18BrNO2/c1-15-5-4-9-6-12(16-2)11(14)7-10(9)13(8-15)17-3/h6-7,13H,4-5,8H2,1-3H3. The van der Waals surface area contributed by atoms with Gasteiger partial charge in [0.1, 0.15) is 5.75 Å². The van der Waals surface area contributed by atoms with Gasteiger partial charge in [0.25, 0.3) is 0 Å². The van der Waals surface area contributed by atoms with E-state index in [0.717, 1.165) is 29.7 Å². The second-order valence-electron chi connectivity index (χ2n) is 4.42. The largest absolute Gasteiger partial charge is 0.496 e. The van der Waals surface area contributed by atoms with E-state index in [-0.39, 0.29) is 6.10 Å². The van der Waals surface area contributed by atoms with Crippen LogP contribution in [0.4, 0.5) is 0 Å². The van der Waals surface area contributed by atoms with Gasteiger partial charge in [-0.3, -0.25) is 0 Å². The Labute approximate surface area is 111 Å². The first-order valence-corrected chi connectivity index (χ1v) is 6.52. The summed E-state index contributed by atoms with van der Waals surface area (Å²) in [6, 6.07) is 4.24. The maximum atomic E-state index is 5.59. The molecule has 0 aliphatic carbocycles. The van der Waals surface area contributed by atoms with E-state index in [1.54, 1.807) is 14.2 Å². The summed E-state index contributed by atoms with van der Waals surface area (Å²) in [5.74, 6) is 0.892. The van der Waals surface area contributed by atoms with E-state index in [2.05, 4.69) is 40.0 Å². The molecule has 94 valence electrons. The minimum absolute atomic E-state index is 0.139. The molecule has 1 aromatic rings. The van der Waals surface area contributed by atoms with Crippen molar-refractivity contribution in [3.63, 3.8) is 0 Å². The minimum Gasteiger partial charge on any atom is -0.496 e. The summed E-state index contributed by atoms with van der Waals surface area (Å²) >= 11 is 3.54. The molecule has 1 aliphatic rings. The molecule has 0 fully saturated rings. The van der Waals surface area contributed by atoms with Crippen molar-refractivity contribution in [2.24, 2.45) is 0 Å². The van der Waals surface area contributed by atoms with Crippen LogP contribution >= 0.6 is 15.9 Å². The molecule has 0 radical (unpaired) electrons. The van der Waals surface area contributed by atoms with Crippen molar-refractivity contribution < 1.29 is 9.47 Å². The van der Waals surface area contributed by atoms with Crippen molar-refractivity contribution in [1.29, 1.82) is 0 Å². The van der Waals surface area contributed by atoms with Crippen molar-refractivity contribution in [2.75, 3.05) is 34.4 Å². The van der Waals surface area contributed by atoms with Crippen LogP contribution in [-0.4, -0.2) is 39.3 Å². The Bertz CT molecular complexity index is 409. The number of nitrogens with zero attached hydrogens (tertiary/aromatic N) is 1. The third-order valence-electron chi connectivity index (χ3n) is 3.29. The van der Waals surface area contributed by atoms with Gasteiger partial charge in [0.05, 0.1) is 17.7 Å². The minimum atomic E-state index is 0.139. The molecule has 1 atom stereocenters. The van der Waals surface area contributed by atoms with Gasteiger partial charge in [0.15, 0.2) is 0 Å². The molecule has 3 nitrogen and oxygen atoms in total. The normalized spacial score (nSPS) is 20.8. The number of hydrogen-bond donors (Lipinski definition) is 0. The van der Waals surface area contributed by atoms with E-state index >= 15 is 0 Å². The van der Waals surface area contributed by atoms with Crippen LogP contribution in [0.3, 0.4) is 0 Å². The topological polar surface area (TPSA) is 21.7 Å². The van der Waals surface area contributed by atoms with Gasteiger partial charge in [0, 0.05) is 20.2 Å². The van der Waals surface area contributed by atoms with Crippen LogP contribution in [-0.2, 0) is 11.2 Å². The smallest absolute Gasteiger partial charge is 0.133 e. The van der Waals surface area contributed by atoms with Crippen molar-refractivity contribution in [1.82, 2.24) is 4.90 Å². The zero-order valence-corrected chi connectivity index (χ0v) is 12.1. The molecule has 17 heavy (non-hydrogen) atoms. The molecule has 2 rings (SSSR count). The Kier molecular flexibility index (Phi) is 4.07. The van der Waals surface area contributed by atoms with Gasteiger partial charge in [0.2, 0.25) is 0 Å². The molecule has 0 bridgehead atoms. The van der Waals surface area contributed by atoms with Crippen molar-refractivity contribution in [3.05, 3.63) is 27.7 Å². The molecule has 0 aromatic heterocycles. The molecule has 1 aromatic carbocycles. The van der Waals surface area contributed by atoms with Crippen LogP contribution < -0.4 is 4.74 Å². The number of benzene rings is 1. The maximum Gasteiger partial charge on any atom is 0.133 e. The van der Waals surface area contributed by atoms with Gasteiger partial charge in [-0.05, 0) is 52.7 Å². The molecule has 0 saturated carbocycles. The lowest BCUT2D eigenvalue weighted by Crippen LogP contribution is -2.24. The number of hydrogen-bond acceptors (Lipinski definition) is 3. The second-order valence-corrected chi connectivity index (χ2v) is 5.28. The van der Waals surface area contributed by atoms with Gasteiger partial charge >= 0.3 is 0 Å². The van der Waals surface area contributed by atoms with Crippen LogP contribution in [0.2, 0.25) is 0 Å². The van der Waals surface area contributed by atoms with Crippen LogP contribution in [0.25, 0.3) is 0 Å². The first-order valence-electron chi connectivity index (χ1n) is 5.73. The summed E-state index contributed by atoms with van der Waals surface area (Å²) in [6.07, 6.45) is 1.18. The summed E-state index contributed by atoms with van der Waals surface area (Å²) in [4.78, 5) is 2.30. The fourth-order valence-electron chi connectivity index (χ4n) is 2.27. The highest BCUT2D eigenvalue weighted by Gasteiger charge is 2.22. The lowest BCUT2D eigenvalue weighted by atomic mass is 10.0. The van der Waals surface area contributed by atoms with Gasteiger partial charge in [-0.1, -0.05) is 0 Å². The summed E-state index contributed by atoms with van der Waals surface area (Å²) in [7, 11) is 5.60. The number of fused-ring (bicyclic) bond motifs is 1. The Morgan fingerprint density at radius 1 is 1.35 bits per heavy atom. The first kappa shape index (κ1) is 12.9. The predicted octanol–water partition coefficient (Wildman–Crippen LogP) is 2.63. The average molecular weight is 300 g/mol. The monoisotopic (exact) mass is 299 g/mol.